The van der Waals surface area contributed by atoms with Crippen molar-refractivity contribution in [2.75, 3.05) is 10.8 Å². The first-order valence-corrected chi connectivity index (χ1v) is 8.24. The fraction of sp³-hybridized carbons (Fsp3) is 0.200. The molecular formula is C15H15FN2O4S. The van der Waals surface area contributed by atoms with Gasteiger partial charge in [0.05, 0.1) is 15.9 Å². The van der Waals surface area contributed by atoms with Crippen LogP contribution in [0.15, 0.2) is 47.4 Å². The van der Waals surface area contributed by atoms with Gasteiger partial charge in [0.25, 0.3) is 15.7 Å². The number of benzene rings is 2. The van der Waals surface area contributed by atoms with E-state index in [-0.39, 0.29) is 17.1 Å². The summed E-state index contributed by atoms with van der Waals surface area (Å²) in [5.41, 5.74) is 0.127. The van der Waals surface area contributed by atoms with Crippen molar-refractivity contribution in [1.29, 1.82) is 0 Å². The lowest BCUT2D eigenvalue weighted by Crippen LogP contribution is -2.31. The van der Waals surface area contributed by atoms with Gasteiger partial charge in [-0.05, 0) is 38.1 Å². The Morgan fingerprint density at radius 1 is 1.17 bits per heavy atom. The molecule has 0 bridgehead atoms. The SMILES string of the molecule is CCN(c1ccc(F)cc1[N+](=O)[O-])S(=O)(=O)c1ccc(C)cc1. The van der Waals surface area contributed by atoms with Crippen molar-refractivity contribution in [3.63, 3.8) is 0 Å². The molecule has 0 aromatic heterocycles. The molecular weight excluding hydrogens is 323 g/mol. The van der Waals surface area contributed by atoms with Gasteiger partial charge in [-0.2, -0.15) is 0 Å². The zero-order valence-electron chi connectivity index (χ0n) is 12.6. The van der Waals surface area contributed by atoms with E-state index in [1.54, 1.807) is 19.1 Å². The minimum atomic E-state index is -3.98. The van der Waals surface area contributed by atoms with Crippen LogP contribution in [0.25, 0.3) is 0 Å². The molecule has 0 N–H and O–H groups in total. The first-order valence-electron chi connectivity index (χ1n) is 6.80. The maximum Gasteiger partial charge on any atom is 0.296 e. The fourth-order valence-electron chi connectivity index (χ4n) is 2.16. The van der Waals surface area contributed by atoms with Gasteiger partial charge in [0.2, 0.25) is 0 Å². The molecule has 2 aromatic rings. The lowest BCUT2D eigenvalue weighted by Gasteiger charge is -2.22. The summed E-state index contributed by atoms with van der Waals surface area (Å²) in [5.74, 6) is -0.802. The van der Waals surface area contributed by atoms with E-state index in [9.17, 15) is 22.9 Å². The van der Waals surface area contributed by atoms with Crippen molar-refractivity contribution in [2.45, 2.75) is 18.7 Å². The molecule has 122 valence electrons. The average Bonchev–Trinajstić information content (AvgIpc) is 2.49. The van der Waals surface area contributed by atoms with E-state index in [2.05, 4.69) is 0 Å². The number of anilines is 1. The minimum absolute atomic E-state index is 0.0172. The quantitative estimate of drug-likeness (QED) is 0.619. The zero-order chi connectivity index (χ0) is 17.2. The van der Waals surface area contributed by atoms with Crippen molar-refractivity contribution >= 4 is 21.4 Å². The minimum Gasteiger partial charge on any atom is -0.260 e. The van der Waals surface area contributed by atoms with Crippen LogP contribution in [0.2, 0.25) is 0 Å². The Labute approximate surface area is 133 Å². The molecule has 2 aromatic carbocycles. The number of hydrogen-bond donors (Lipinski definition) is 0. The molecule has 0 unspecified atom stereocenters. The second-order valence-corrected chi connectivity index (χ2v) is 6.74. The third-order valence-corrected chi connectivity index (χ3v) is 5.20. The first kappa shape index (κ1) is 16.9. The molecule has 0 saturated carbocycles. The summed E-state index contributed by atoms with van der Waals surface area (Å²) in [5, 5.41) is 11.1. The first-order chi connectivity index (χ1) is 10.8. The molecule has 0 spiro atoms. The van der Waals surface area contributed by atoms with Crippen LogP contribution in [0.3, 0.4) is 0 Å². The van der Waals surface area contributed by atoms with Crippen molar-refractivity contribution in [1.82, 2.24) is 0 Å². The number of hydrogen-bond acceptors (Lipinski definition) is 4. The van der Waals surface area contributed by atoms with Crippen LogP contribution in [0.4, 0.5) is 15.8 Å². The predicted octanol–water partition coefficient (Wildman–Crippen LogP) is 3.26. The summed E-state index contributed by atoms with van der Waals surface area (Å²) >= 11 is 0. The van der Waals surface area contributed by atoms with Gasteiger partial charge >= 0.3 is 0 Å². The third kappa shape index (κ3) is 3.31. The summed E-state index contributed by atoms with van der Waals surface area (Å²) in [6, 6.07) is 8.95. The lowest BCUT2D eigenvalue weighted by molar-refractivity contribution is -0.384. The number of halogens is 1. The summed E-state index contributed by atoms with van der Waals surface area (Å²) in [6.45, 7) is 3.35. The molecule has 0 saturated heterocycles. The van der Waals surface area contributed by atoms with Crippen LogP contribution in [-0.2, 0) is 10.0 Å². The molecule has 8 heteroatoms. The van der Waals surface area contributed by atoms with Crippen LogP contribution in [0, 0.1) is 22.9 Å². The Morgan fingerprint density at radius 2 is 1.78 bits per heavy atom. The van der Waals surface area contributed by atoms with Crippen LogP contribution < -0.4 is 4.31 Å². The summed E-state index contributed by atoms with van der Waals surface area (Å²) in [7, 11) is -3.98. The second kappa shape index (κ2) is 6.33. The van der Waals surface area contributed by atoms with Gasteiger partial charge in [0, 0.05) is 6.54 Å². The largest absolute Gasteiger partial charge is 0.296 e. The molecule has 6 nitrogen and oxygen atoms in total. The van der Waals surface area contributed by atoms with E-state index in [4.69, 9.17) is 0 Å². The predicted molar refractivity (Wildman–Crippen MR) is 84.4 cm³/mol. The van der Waals surface area contributed by atoms with Crippen molar-refractivity contribution < 1.29 is 17.7 Å². The third-order valence-electron chi connectivity index (χ3n) is 3.30. The molecule has 0 amide bonds. The summed E-state index contributed by atoms with van der Waals surface area (Å²) < 4.78 is 39.7. The Hall–Kier alpha value is -2.48. The number of nitro benzene ring substituents is 1. The highest BCUT2D eigenvalue weighted by molar-refractivity contribution is 7.92. The van der Waals surface area contributed by atoms with Crippen molar-refractivity contribution in [3.05, 3.63) is 64.0 Å². The summed E-state index contributed by atoms with van der Waals surface area (Å²) in [4.78, 5) is 10.3. The van der Waals surface area contributed by atoms with E-state index in [1.165, 1.54) is 12.1 Å². The molecule has 0 heterocycles. The lowest BCUT2D eigenvalue weighted by atomic mass is 10.2. The Balaban J connectivity index is 2.60. The van der Waals surface area contributed by atoms with E-state index in [0.717, 1.165) is 22.0 Å². The van der Waals surface area contributed by atoms with Gasteiger partial charge in [-0.25, -0.2) is 12.8 Å². The highest BCUT2D eigenvalue weighted by Gasteiger charge is 2.29. The number of rotatable bonds is 5. The molecule has 0 fully saturated rings. The van der Waals surface area contributed by atoms with Crippen LogP contribution >= 0.6 is 0 Å². The van der Waals surface area contributed by atoms with Crippen molar-refractivity contribution in [3.8, 4) is 0 Å². The van der Waals surface area contributed by atoms with Crippen LogP contribution in [0.1, 0.15) is 12.5 Å². The van der Waals surface area contributed by atoms with Crippen LogP contribution in [-0.4, -0.2) is 19.9 Å². The van der Waals surface area contributed by atoms with E-state index in [1.807, 2.05) is 6.92 Å². The second-order valence-electron chi connectivity index (χ2n) is 4.87. The summed E-state index contributed by atoms with van der Waals surface area (Å²) in [6.07, 6.45) is 0. The highest BCUT2D eigenvalue weighted by atomic mass is 32.2. The Morgan fingerprint density at radius 3 is 2.30 bits per heavy atom. The maximum absolute atomic E-state index is 13.3. The van der Waals surface area contributed by atoms with Gasteiger partial charge in [-0.1, -0.05) is 17.7 Å². The monoisotopic (exact) mass is 338 g/mol. The topological polar surface area (TPSA) is 80.5 Å². The normalized spacial score (nSPS) is 11.3. The number of aryl methyl sites for hydroxylation is 1. The van der Waals surface area contributed by atoms with Gasteiger partial charge in [-0.3, -0.25) is 14.4 Å². The molecule has 0 radical (unpaired) electrons. The van der Waals surface area contributed by atoms with E-state index in [0.29, 0.717) is 6.07 Å². The molecule has 2 rings (SSSR count). The maximum atomic E-state index is 13.3. The molecule has 0 aliphatic heterocycles. The number of nitro groups is 1. The van der Waals surface area contributed by atoms with E-state index < -0.39 is 26.5 Å². The molecule has 0 aliphatic carbocycles. The zero-order valence-corrected chi connectivity index (χ0v) is 13.4. The number of nitrogens with zero attached hydrogens (tertiary/aromatic N) is 2. The Bertz CT molecular complexity index is 835. The standard InChI is InChI=1S/C15H15FN2O4S/c1-3-17(14-9-6-12(16)10-15(14)18(19)20)23(21,22)13-7-4-11(2)5-8-13/h4-10H,3H2,1-2H3. The molecule has 0 aliphatic rings. The average molecular weight is 338 g/mol. The van der Waals surface area contributed by atoms with Crippen molar-refractivity contribution in [2.24, 2.45) is 0 Å². The smallest absolute Gasteiger partial charge is 0.260 e. The molecule has 23 heavy (non-hydrogen) atoms. The van der Waals surface area contributed by atoms with Gasteiger partial charge in [-0.15, -0.1) is 0 Å². The Kier molecular flexibility index (Phi) is 4.65. The molecule has 0 atom stereocenters. The highest BCUT2D eigenvalue weighted by Crippen LogP contribution is 2.32. The van der Waals surface area contributed by atoms with Crippen LogP contribution in [0.5, 0.6) is 0 Å². The number of sulfonamides is 1. The fourth-order valence-corrected chi connectivity index (χ4v) is 3.65. The van der Waals surface area contributed by atoms with E-state index >= 15 is 0 Å². The van der Waals surface area contributed by atoms with Gasteiger partial charge in [0.15, 0.2) is 0 Å². The van der Waals surface area contributed by atoms with Gasteiger partial charge in [0.1, 0.15) is 11.5 Å². The van der Waals surface area contributed by atoms with Gasteiger partial charge < -0.3 is 0 Å².